The summed E-state index contributed by atoms with van der Waals surface area (Å²) in [6, 6.07) is 9.75. The molecule has 0 aliphatic rings. The predicted molar refractivity (Wildman–Crippen MR) is 84.8 cm³/mol. The Morgan fingerprint density at radius 2 is 2.05 bits per heavy atom. The van der Waals surface area contributed by atoms with Crippen LogP contribution >= 0.6 is 0 Å². The van der Waals surface area contributed by atoms with Crippen molar-refractivity contribution in [1.82, 2.24) is 15.1 Å². The molecule has 1 aromatic heterocycles. The van der Waals surface area contributed by atoms with Crippen LogP contribution in [0.4, 0.5) is 5.69 Å². The lowest BCUT2D eigenvalue weighted by molar-refractivity contribution is -0.116. The Kier molecular flexibility index (Phi) is 5.11. The molecule has 5 heteroatoms. The van der Waals surface area contributed by atoms with Gasteiger partial charge in [-0.3, -0.25) is 4.79 Å². The molecule has 112 valence electrons. The van der Waals surface area contributed by atoms with Crippen LogP contribution in [-0.4, -0.2) is 29.3 Å². The number of aryl methyl sites for hydroxylation is 2. The van der Waals surface area contributed by atoms with Crippen LogP contribution in [-0.2, 0) is 4.79 Å². The number of aromatic nitrogens is 2. The fraction of sp³-hybridized carbons (Fsp3) is 0.375. The molecule has 0 unspecified atom stereocenters. The number of rotatable bonds is 6. The molecule has 2 rings (SSSR count). The minimum Gasteiger partial charge on any atom is -0.324 e. The van der Waals surface area contributed by atoms with Crippen LogP contribution in [0.25, 0.3) is 5.69 Å². The number of carbonyl (C=O) groups is 1. The summed E-state index contributed by atoms with van der Waals surface area (Å²) in [7, 11) is 1.88. The van der Waals surface area contributed by atoms with E-state index in [4.69, 9.17) is 0 Å². The zero-order valence-corrected chi connectivity index (χ0v) is 12.8. The molecular formula is C16H22N4O. The highest BCUT2D eigenvalue weighted by Gasteiger charge is 2.10. The maximum absolute atomic E-state index is 12.0. The molecule has 0 fully saturated rings. The summed E-state index contributed by atoms with van der Waals surface area (Å²) < 4.78 is 1.86. The Bertz CT molecular complexity index is 618. The van der Waals surface area contributed by atoms with Gasteiger partial charge >= 0.3 is 0 Å². The highest BCUT2D eigenvalue weighted by atomic mass is 16.1. The van der Waals surface area contributed by atoms with Crippen molar-refractivity contribution in [3.63, 3.8) is 0 Å². The first kappa shape index (κ1) is 15.3. The Morgan fingerprint density at radius 1 is 1.29 bits per heavy atom. The monoisotopic (exact) mass is 286 g/mol. The number of nitrogens with one attached hydrogen (secondary N) is 2. The molecule has 0 aliphatic carbocycles. The van der Waals surface area contributed by atoms with E-state index < -0.39 is 0 Å². The lowest BCUT2D eigenvalue weighted by Crippen LogP contribution is -2.16. The molecule has 0 saturated heterocycles. The molecule has 21 heavy (non-hydrogen) atoms. The molecule has 0 saturated carbocycles. The molecular weight excluding hydrogens is 264 g/mol. The summed E-state index contributed by atoms with van der Waals surface area (Å²) in [4.78, 5) is 12.0. The van der Waals surface area contributed by atoms with Crippen molar-refractivity contribution in [2.75, 3.05) is 18.9 Å². The minimum atomic E-state index is 0.0271. The van der Waals surface area contributed by atoms with Crippen molar-refractivity contribution in [2.45, 2.75) is 26.7 Å². The summed E-state index contributed by atoms with van der Waals surface area (Å²) in [6.45, 7) is 4.81. The summed E-state index contributed by atoms with van der Waals surface area (Å²) in [5.41, 5.74) is 3.69. The van der Waals surface area contributed by atoms with Crippen LogP contribution in [0, 0.1) is 13.8 Å². The van der Waals surface area contributed by atoms with Gasteiger partial charge in [-0.05, 0) is 52.1 Å². The van der Waals surface area contributed by atoms with Crippen molar-refractivity contribution < 1.29 is 4.79 Å². The van der Waals surface area contributed by atoms with E-state index in [1.807, 2.05) is 55.9 Å². The van der Waals surface area contributed by atoms with E-state index in [1.165, 1.54) is 0 Å². The van der Waals surface area contributed by atoms with Crippen molar-refractivity contribution in [3.8, 4) is 5.69 Å². The van der Waals surface area contributed by atoms with Crippen LogP contribution in [0.3, 0.4) is 0 Å². The third kappa shape index (κ3) is 3.92. The van der Waals surface area contributed by atoms with Gasteiger partial charge in [0.05, 0.1) is 17.1 Å². The Balaban J connectivity index is 2.18. The van der Waals surface area contributed by atoms with Gasteiger partial charge in [-0.15, -0.1) is 0 Å². The summed E-state index contributed by atoms with van der Waals surface area (Å²) in [6.07, 6.45) is 1.33. The van der Waals surface area contributed by atoms with Gasteiger partial charge in [0.2, 0.25) is 5.91 Å². The maximum Gasteiger partial charge on any atom is 0.224 e. The standard InChI is InChI=1S/C16H22N4O/c1-12-11-13(2)20(19-12)15-8-5-4-7-14(15)18-16(21)9-6-10-17-3/h4-5,7-8,11,17H,6,9-10H2,1-3H3,(H,18,21). The first-order valence-electron chi connectivity index (χ1n) is 7.19. The average Bonchev–Trinajstić information content (AvgIpc) is 2.78. The second-order valence-electron chi connectivity index (χ2n) is 5.11. The fourth-order valence-electron chi connectivity index (χ4n) is 2.28. The first-order chi connectivity index (χ1) is 10.1. The Morgan fingerprint density at radius 3 is 2.71 bits per heavy atom. The van der Waals surface area contributed by atoms with Crippen molar-refractivity contribution in [1.29, 1.82) is 0 Å². The number of anilines is 1. The molecule has 0 radical (unpaired) electrons. The van der Waals surface area contributed by atoms with E-state index >= 15 is 0 Å². The molecule has 2 aromatic rings. The van der Waals surface area contributed by atoms with Crippen LogP contribution in [0.5, 0.6) is 0 Å². The average molecular weight is 286 g/mol. The van der Waals surface area contributed by atoms with Crippen molar-refractivity contribution in [2.24, 2.45) is 0 Å². The smallest absolute Gasteiger partial charge is 0.224 e. The van der Waals surface area contributed by atoms with Crippen LogP contribution < -0.4 is 10.6 Å². The lowest BCUT2D eigenvalue weighted by atomic mass is 10.2. The number of hydrogen-bond acceptors (Lipinski definition) is 3. The van der Waals surface area contributed by atoms with Gasteiger partial charge in [-0.25, -0.2) is 4.68 Å². The largest absolute Gasteiger partial charge is 0.324 e. The second kappa shape index (κ2) is 7.04. The first-order valence-corrected chi connectivity index (χ1v) is 7.19. The molecule has 1 aromatic carbocycles. The third-order valence-corrected chi connectivity index (χ3v) is 3.25. The van der Waals surface area contributed by atoms with Gasteiger partial charge in [0.25, 0.3) is 0 Å². The van der Waals surface area contributed by atoms with E-state index in [-0.39, 0.29) is 5.91 Å². The van der Waals surface area contributed by atoms with Gasteiger partial charge in [0.1, 0.15) is 0 Å². The molecule has 2 N–H and O–H groups in total. The van der Waals surface area contributed by atoms with Gasteiger partial charge in [-0.1, -0.05) is 12.1 Å². The number of nitrogens with zero attached hydrogens (tertiary/aromatic N) is 2. The Hall–Kier alpha value is -2.14. The normalized spacial score (nSPS) is 10.6. The maximum atomic E-state index is 12.0. The van der Waals surface area contributed by atoms with E-state index in [9.17, 15) is 4.79 Å². The molecule has 0 aliphatic heterocycles. The van der Waals surface area contributed by atoms with Gasteiger partial charge in [0.15, 0.2) is 0 Å². The Labute approximate surface area is 125 Å². The molecule has 1 heterocycles. The van der Waals surface area contributed by atoms with Crippen molar-refractivity contribution in [3.05, 3.63) is 41.7 Å². The van der Waals surface area contributed by atoms with E-state index in [0.29, 0.717) is 6.42 Å². The summed E-state index contributed by atoms with van der Waals surface area (Å²) in [5, 5.41) is 10.5. The third-order valence-electron chi connectivity index (χ3n) is 3.25. The molecule has 0 bridgehead atoms. The van der Waals surface area contributed by atoms with Gasteiger partial charge in [-0.2, -0.15) is 5.10 Å². The van der Waals surface area contributed by atoms with Crippen molar-refractivity contribution >= 4 is 11.6 Å². The lowest BCUT2D eigenvalue weighted by Gasteiger charge is -2.12. The zero-order valence-electron chi connectivity index (χ0n) is 12.8. The number of carbonyl (C=O) groups excluding carboxylic acids is 1. The fourth-order valence-corrected chi connectivity index (χ4v) is 2.28. The quantitative estimate of drug-likeness (QED) is 0.802. The van der Waals surface area contributed by atoms with Gasteiger partial charge < -0.3 is 10.6 Å². The molecule has 1 amide bonds. The number of benzene rings is 1. The van der Waals surface area contributed by atoms with Crippen LogP contribution in [0.1, 0.15) is 24.2 Å². The number of hydrogen-bond donors (Lipinski definition) is 2. The number of para-hydroxylation sites is 2. The highest BCUT2D eigenvalue weighted by Crippen LogP contribution is 2.21. The second-order valence-corrected chi connectivity index (χ2v) is 5.11. The van der Waals surface area contributed by atoms with Crippen LogP contribution in [0.2, 0.25) is 0 Å². The molecule has 0 atom stereocenters. The molecule has 5 nitrogen and oxygen atoms in total. The van der Waals surface area contributed by atoms with Gasteiger partial charge in [0, 0.05) is 12.1 Å². The summed E-state index contributed by atoms with van der Waals surface area (Å²) >= 11 is 0. The van der Waals surface area contributed by atoms with E-state index in [2.05, 4.69) is 15.7 Å². The predicted octanol–water partition coefficient (Wildman–Crippen LogP) is 2.43. The van der Waals surface area contributed by atoms with E-state index in [1.54, 1.807) is 0 Å². The minimum absolute atomic E-state index is 0.0271. The van der Waals surface area contributed by atoms with E-state index in [0.717, 1.165) is 35.7 Å². The topological polar surface area (TPSA) is 59.0 Å². The SMILES string of the molecule is CNCCCC(=O)Nc1ccccc1-n1nc(C)cc1C. The summed E-state index contributed by atoms with van der Waals surface area (Å²) in [5.74, 6) is 0.0271. The molecule has 0 spiro atoms. The highest BCUT2D eigenvalue weighted by molar-refractivity contribution is 5.92. The zero-order chi connectivity index (χ0) is 15.2. The van der Waals surface area contributed by atoms with Crippen LogP contribution in [0.15, 0.2) is 30.3 Å². The number of amides is 1.